The van der Waals surface area contributed by atoms with Crippen molar-refractivity contribution in [3.05, 3.63) is 35.7 Å². The molecule has 0 aromatic carbocycles. The van der Waals surface area contributed by atoms with Crippen LogP contribution >= 0.6 is 0 Å². The van der Waals surface area contributed by atoms with Crippen LogP contribution < -0.4 is 5.32 Å². The fraction of sp³-hybridized carbons (Fsp3) is 0.385. The summed E-state index contributed by atoms with van der Waals surface area (Å²) in [6, 6.07) is 3.49. The van der Waals surface area contributed by atoms with E-state index in [1.165, 1.54) is 31.0 Å². The molecule has 90 valence electrons. The van der Waals surface area contributed by atoms with E-state index < -0.39 is 5.97 Å². The highest BCUT2D eigenvalue weighted by molar-refractivity contribution is 5.91. The van der Waals surface area contributed by atoms with Crippen LogP contribution in [0.4, 0.5) is 5.69 Å². The van der Waals surface area contributed by atoms with Gasteiger partial charge in [0.2, 0.25) is 0 Å². The van der Waals surface area contributed by atoms with Crippen LogP contribution in [0.25, 0.3) is 0 Å². The normalized spacial score (nSPS) is 14.5. The van der Waals surface area contributed by atoms with Crippen LogP contribution in [0.3, 0.4) is 0 Å². The summed E-state index contributed by atoms with van der Waals surface area (Å²) in [6.45, 7) is 0.762. The average molecular weight is 232 g/mol. The minimum absolute atomic E-state index is 0.0906. The summed E-state index contributed by atoms with van der Waals surface area (Å²) >= 11 is 0. The van der Waals surface area contributed by atoms with E-state index in [1.54, 1.807) is 12.1 Å². The number of rotatable bonds is 5. The second-order valence-corrected chi connectivity index (χ2v) is 4.14. The molecule has 0 atom stereocenters. The lowest BCUT2D eigenvalue weighted by Crippen LogP contribution is -2.09. The number of anilines is 1. The third-order valence-electron chi connectivity index (χ3n) is 2.91. The number of nitrogens with zero attached hydrogens (tertiary/aromatic N) is 1. The van der Waals surface area contributed by atoms with Crippen molar-refractivity contribution in [2.75, 3.05) is 11.9 Å². The molecule has 1 heterocycles. The van der Waals surface area contributed by atoms with E-state index in [0.29, 0.717) is 5.69 Å². The molecule has 17 heavy (non-hydrogen) atoms. The van der Waals surface area contributed by atoms with Gasteiger partial charge in [0.15, 0.2) is 5.69 Å². The molecular weight excluding hydrogens is 216 g/mol. The second kappa shape index (κ2) is 5.48. The number of carboxylic acids is 1. The molecule has 0 aliphatic heterocycles. The number of pyridine rings is 1. The Balaban J connectivity index is 1.92. The molecule has 2 rings (SSSR count). The highest BCUT2D eigenvalue weighted by Gasteiger charge is 2.10. The predicted molar refractivity (Wildman–Crippen MR) is 66.2 cm³/mol. The summed E-state index contributed by atoms with van der Waals surface area (Å²) in [6.07, 6.45) is 8.37. The van der Waals surface area contributed by atoms with Crippen molar-refractivity contribution in [2.45, 2.75) is 25.7 Å². The Morgan fingerprint density at radius 3 is 3.12 bits per heavy atom. The molecule has 1 aromatic rings. The number of hydrogen-bond donors (Lipinski definition) is 2. The standard InChI is InChI=1S/C13H16N2O2/c16-13(17)12-11(6-3-8-15-12)14-9-7-10-4-1-2-5-10/h3-4,6,8,14H,1-2,5,7,9H2,(H,16,17). The molecule has 1 aliphatic carbocycles. The predicted octanol–water partition coefficient (Wildman–Crippen LogP) is 2.69. The van der Waals surface area contributed by atoms with Gasteiger partial charge in [-0.3, -0.25) is 0 Å². The number of hydrogen-bond acceptors (Lipinski definition) is 3. The molecule has 0 saturated carbocycles. The Labute approximate surface area is 100 Å². The lowest BCUT2D eigenvalue weighted by atomic mass is 10.1. The summed E-state index contributed by atoms with van der Waals surface area (Å²) in [5, 5.41) is 12.1. The van der Waals surface area contributed by atoms with Crippen LogP contribution in [-0.2, 0) is 0 Å². The minimum Gasteiger partial charge on any atom is -0.476 e. The van der Waals surface area contributed by atoms with E-state index in [1.807, 2.05) is 0 Å². The molecule has 0 bridgehead atoms. The van der Waals surface area contributed by atoms with Gasteiger partial charge in [0.1, 0.15) is 0 Å². The Morgan fingerprint density at radius 1 is 1.53 bits per heavy atom. The van der Waals surface area contributed by atoms with Crippen molar-refractivity contribution in [3.8, 4) is 0 Å². The van der Waals surface area contributed by atoms with Gasteiger partial charge in [0.25, 0.3) is 0 Å². The second-order valence-electron chi connectivity index (χ2n) is 4.14. The third kappa shape index (κ3) is 3.06. The fourth-order valence-corrected chi connectivity index (χ4v) is 2.04. The highest BCUT2D eigenvalue weighted by Crippen LogP contribution is 2.20. The van der Waals surface area contributed by atoms with E-state index in [4.69, 9.17) is 5.11 Å². The Hall–Kier alpha value is -1.84. The van der Waals surface area contributed by atoms with Crippen LogP contribution in [0.15, 0.2) is 30.0 Å². The van der Waals surface area contributed by atoms with Crippen LogP contribution in [-0.4, -0.2) is 22.6 Å². The number of aromatic carboxylic acids is 1. The van der Waals surface area contributed by atoms with Crippen molar-refractivity contribution in [2.24, 2.45) is 0 Å². The van der Waals surface area contributed by atoms with Crippen molar-refractivity contribution in [1.29, 1.82) is 0 Å². The van der Waals surface area contributed by atoms with Crippen LogP contribution in [0, 0.1) is 0 Å². The zero-order chi connectivity index (χ0) is 12.1. The molecule has 4 heteroatoms. The Morgan fingerprint density at radius 2 is 2.41 bits per heavy atom. The van der Waals surface area contributed by atoms with Gasteiger partial charge in [-0.2, -0.15) is 0 Å². The SMILES string of the molecule is O=C(O)c1ncccc1NCCC1=CCCC1. The topological polar surface area (TPSA) is 62.2 Å². The molecular formula is C13H16N2O2. The van der Waals surface area contributed by atoms with Gasteiger partial charge in [-0.05, 0) is 37.8 Å². The van der Waals surface area contributed by atoms with Gasteiger partial charge in [0.05, 0.1) is 5.69 Å². The smallest absolute Gasteiger partial charge is 0.356 e. The minimum atomic E-state index is -0.992. The monoisotopic (exact) mass is 232 g/mol. The van der Waals surface area contributed by atoms with Crippen molar-refractivity contribution in [3.63, 3.8) is 0 Å². The molecule has 1 aliphatic rings. The first-order valence-corrected chi connectivity index (χ1v) is 5.87. The summed E-state index contributed by atoms with van der Waals surface area (Å²) in [5.41, 5.74) is 2.16. The number of carbonyl (C=O) groups is 1. The molecule has 0 saturated heterocycles. The Bertz CT molecular complexity index is 441. The maximum Gasteiger partial charge on any atom is 0.356 e. The maximum absolute atomic E-state index is 10.9. The number of allylic oxidation sites excluding steroid dienone is 1. The summed E-state index contributed by atoms with van der Waals surface area (Å²) in [4.78, 5) is 14.8. The molecule has 0 amide bonds. The quantitative estimate of drug-likeness (QED) is 0.766. The van der Waals surface area contributed by atoms with Gasteiger partial charge < -0.3 is 10.4 Å². The number of carboxylic acid groups (broad SMARTS) is 1. The molecule has 0 unspecified atom stereocenters. The van der Waals surface area contributed by atoms with Gasteiger partial charge in [-0.1, -0.05) is 11.6 Å². The van der Waals surface area contributed by atoms with E-state index in [2.05, 4.69) is 16.4 Å². The van der Waals surface area contributed by atoms with E-state index in [0.717, 1.165) is 13.0 Å². The molecule has 0 fully saturated rings. The molecule has 1 aromatic heterocycles. The van der Waals surface area contributed by atoms with Crippen LogP contribution in [0.5, 0.6) is 0 Å². The molecule has 0 spiro atoms. The fourth-order valence-electron chi connectivity index (χ4n) is 2.04. The number of aromatic nitrogens is 1. The molecule has 2 N–H and O–H groups in total. The van der Waals surface area contributed by atoms with Gasteiger partial charge in [-0.25, -0.2) is 9.78 Å². The summed E-state index contributed by atoms with van der Waals surface area (Å²) in [7, 11) is 0. The first kappa shape index (κ1) is 11.6. The van der Waals surface area contributed by atoms with Gasteiger partial charge in [-0.15, -0.1) is 0 Å². The van der Waals surface area contributed by atoms with Crippen LogP contribution in [0.2, 0.25) is 0 Å². The average Bonchev–Trinajstić information content (AvgIpc) is 2.82. The zero-order valence-corrected chi connectivity index (χ0v) is 9.65. The summed E-state index contributed by atoms with van der Waals surface area (Å²) < 4.78 is 0. The van der Waals surface area contributed by atoms with Gasteiger partial charge >= 0.3 is 5.97 Å². The first-order chi connectivity index (χ1) is 8.27. The summed E-state index contributed by atoms with van der Waals surface area (Å²) in [5.74, 6) is -0.992. The lowest BCUT2D eigenvalue weighted by molar-refractivity contribution is 0.0691. The van der Waals surface area contributed by atoms with Crippen molar-refractivity contribution < 1.29 is 9.90 Å². The zero-order valence-electron chi connectivity index (χ0n) is 9.65. The van der Waals surface area contributed by atoms with E-state index in [9.17, 15) is 4.79 Å². The maximum atomic E-state index is 10.9. The first-order valence-electron chi connectivity index (χ1n) is 5.87. The van der Waals surface area contributed by atoms with Crippen molar-refractivity contribution >= 4 is 11.7 Å². The van der Waals surface area contributed by atoms with E-state index in [-0.39, 0.29) is 5.69 Å². The van der Waals surface area contributed by atoms with E-state index >= 15 is 0 Å². The Kier molecular flexibility index (Phi) is 3.75. The van der Waals surface area contributed by atoms with Crippen LogP contribution in [0.1, 0.15) is 36.2 Å². The van der Waals surface area contributed by atoms with Crippen molar-refractivity contribution in [1.82, 2.24) is 4.98 Å². The van der Waals surface area contributed by atoms with Gasteiger partial charge in [0, 0.05) is 12.7 Å². The number of nitrogens with one attached hydrogen (secondary N) is 1. The third-order valence-corrected chi connectivity index (χ3v) is 2.91. The highest BCUT2D eigenvalue weighted by atomic mass is 16.4. The largest absolute Gasteiger partial charge is 0.476 e. The lowest BCUT2D eigenvalue weighted by Gasteiger charge is -2.08. The molecule has 4 nitrogen and oxygen atoms in total. The molecule has 0 radical (unpaired) electrons.